The third kappa shape index (κ3) is 4.97. The Morgan fingerprint density at radius 3 is 2.57 bits per heavy atom. The Morgan fingerprint density at radius 2 is 1.91 bits per heavy atom. The van der Waals surface area contributed by atoms with Gasteiger partial charge in [-0.05, 0) is 23.8 Å². The van der Waals surface area contributed by atoms with E-state index in [0.29, 0.717) is 15.1 Å². The van der Waals surface area contributed by atoms with Crippen LogP contribution in [0.15, 0.2) is 53.0 Å². The van der Waals surface area contributed by atoms with E-state index in [-0.39, 0.29) is 6.61 Å². The second-order valence-electron chi connectivity index (χ2n) is 4.64. The van der Waals surface area contributed by atoms with Gasteiger partial charge in [-0.2, -0.15) is 0 Å². The van der Waals surface area contributed by atoms with Crippen LogP contribution in [0.25, 0.3) is 0 Å². The maximum absolute atomic E-state index is 11.9. The van der Waals surface area contributed by atoms with E-state index in [9.17, 15) is 14.7 Å². The Bertz CT molecular complexity index is 708. The molecule has 23 heavy (non-hydrogen) atoms. The molecule has 0 radical (unpaired) electrons. The molecule has 1 unspecified atom stereocenters. The van der Waals surface area contributed by atoms with Gasteiger partial charge in [0.2, 0.25) is 0 Å². The minimum Gasteiger partial charge on any atom is -0.479 e. The van der Waals surface area contributed by atoms with Crippen LogP contribution >= 0.6 is 27.5 Å². The molecular weight excluding hydrogens is 386 g/mol. The number of carbonyl (C=O) groups excluding carboxylic acids is 1. The van der Waals surface area contributed by atoms with Crippen LogP contribution in [-0.4, -0.2) is 17.2 Å². The van der Waals surface area contributed by atoms with Gasteiger partial charge in [0.1, 0.15) is 6.61 Å². The van der Waals surface area contributed by atoms with E-state index < -0.39 is 18.1 Å². The molecule has 0 aliphatic heterocycles. The van der Waals surface area contributed by atoms with E-state index in [2.05, 4.69) is 21.2 Å². The highest BCUT2D eigenvalue weighted by molar-refractivity contribution is 9.10. The first-order chi connectivity index (χ1) is 11.0. The smallest absolute Gasteiger partial charge is 0.408 e. The Hall–Kier alpha value is -2.05. The zero-order valence-electron chi connectivity index (χ0n) is 11.8. The highest BCUT2D eigenvalue weighted by Gasteiger charge is 2.25. The van der Waals surface area contributed by atoms with Crippen molar-refractivity contribution in [2.75, 3.05) is 0 Å². The minimum atomic E-state index is -1.27. The fourth-order valence-corrected chi connectivity index (χ4v) is 2.55. The number of amides is 1. The first-order valence-electron chi connectivity index (χ1n) is 6.62. The van der Waals surface area contributed by atoms with Crippen LogP contribution < -0.4 is 5.32 Å². The normalized spacial score (nSPS) is 11.6. The topological polar surface area (TPSA) is 75.6 Å². The zero-order chi connectivity index (χ0) is 16.8. The van der Waals surface area contributed by atoms with E-state index in [1.807, 2.05) is 18.2 Å². The van der Waals surface area contributed by atoms with Crippen LogP contribution in [0, 0.1) is 0 Å². The number of carboxylic acid groups (broad SMARTS) is 1. The van der Waals surface area contributed by atoms with Crippen molar-refractivity contribution in [2.24, 2.45) is 0 Å². The van der Waals surface area contributed by atoms with Crippen LogP contribution in [-0.2, 0) is 16.1 Å². The van der Waals surface area contributed by atoms with Gasteiger partial charge in [-0.1, -0.05) is 57.9 Å². The number of hydrogen-bond acceptors (Lipinski definition) is 3. The van der Waals surface area contributed by atoms with Crippen molar-refractivity contribution in [2.45, 2.75) is 12.6 Å². The number of rotatable bonds is 5. The second kappa shape index (κ2) is 7.99. The highest BCUT2D eigenvalue weighted by Crippen LogP contribution is 2.27. The lowest BCUT2D eigenvalue weighted by molar-refractivity contribution is -0.139. The number of nitrogens with one attached hydrogen (secondary N) is 1. The van der Waals surface area contributed by atoms with Crippen molar-refractivity contribution in [3.63, 3.8) is 0 Å². The fourth-order valence-electron chi connectivity index (χ4n) is 1.89. The first kappa shape index (κ1) is 17.3. The lowest BCUT2D eigenvalue weighted by Gasteiger charge is -2.16. The summed E-state index contributed by atoms with van der Waals surface area (Å²) in [5.74, 6) is -1.22. The van der Waals surface area contributed by atoms with Gasteiger partial charge >= 0.3 is 12.1 Å². The Labute approximate surface area is 146 Å². The summed E-state index contributed by atoms with van der Waals surface area (Å²) in [7, 11) is 0. The summed E-state index contributed by atoms with van der Waals surface area (Å²) < 4.78 is 5.56. The van der Waals surface area contributed by atoms with Crippen LogP contribution in [0.5, 0.6) is 0 Å². The van der Waals surface area contributed by atoms with Gasteiger partial charge in [0, 0.05) is 15.1 Å². The molecule has 2 N–H and O–H groups in total. The van der Waals surface area contributed by atoms with E-state index in [0.717, 1.165) is 5.56 Å². The summed E-state index contributed by atoms with van der Waals surface area (Å²) in [6.45, 7) is 0.0513. The molecule has 5 nitrogen and oxygen atoms in total. The van der Waals surface area contributed by atoms with Crippen molar-refractivity contribution >= 4 is 39.6 Å². The van der Waals surface area contributed by atoms with Crippen LogP contribution in [0.4, 0.5) is 4.79 Å². The summed E-state index contributed by atoms with van der Waals surface area (Å²) in [4.78, 5) is 23.3. The van der Waals surface area contributed by atoms with Crippen LogP contribution in [0.1, 0.15) is 17.2 Å². The third-order valence-electron chi connectivity index (χ3n) is 2.99. The summed E-state index contributed by atoms with van der Waals surface area (Å²) in [5, 5.41) is 12.0. The van der Waals surface area contributed by atoms with Gasteiger partial charge in [-0.3, -0.25) is 0 Å². The van der Waals surface area contributed by atoms with Gasteiger partial charge in [0.25, 0.3) is 0 Å². The van der Waals surface area contributed by atoms with Crippen LogP contribution in [0.2, 0.25) is 5.02 Å². The molecule has 0 saturated heterocycles. The van der Waals surface area contributed by atoms with Crippen molar-refractivity contribution < 1.29 is 19.4 Å². The quantitative estimate of drug-likeness (QED) is 0.793. The number of aliphatic carboxylic acids is 1. The average Bonchev–Trinajstić information content (AvgIpc) is 2.54. The van der Waals surface area contributed by atoms with Crippen molar-refractivity contribution in [3.8, 4) is 0 Å². The van der Waals surface area contributed by atoms with Gasteiger partial charge in [-0.15, -0.1) is 0 Å². The maximum Gasteiger partial charge on any atom is 0.408 e. The fraction of sp³-hybridized carbons (Fsp3) is 0.125. The Balaban J connectivity index is 2.06. The van der Waals surface area contributed by atoms with E-state index >= 15 is 0 Å². The molecule has 0 heterocycles. The Kier molecular flexibility index (Phi) is 6.01. The number of benzene rings is 2. The molecule has 2 aromatic rings. The maximum atomic E-state index is 11.9. The summed E-state index contributed by atoms with van der Waals surface area (Å²) in [5.41, 5.74) is 1.14. The molecule has 0 aliphatic carbocycles. The molecule has 0 spiro atoms. The second-order valence-corrected chi connectivity index (χ2v) is 5.93. The molecule has 2 rings (SSSR count). The molecule has 7 heteroatoms. The largest absolute Gasteiger partial charge is 0.479 e. The number of hydrogen-bond donors (Lipinski definition) is 2. The molecule has 2 aromatic carbocycles. The SMILES string of the molecule is O=C(NC(C(=O)O)c1cc(Cl)ccc1Br)OCc1ccccc1. The number of halogens is 2. The Morgan fingerprint density at radius 1 is 1.22 bits per heavy atom. The number of carboxylic acids is 1. The van der Waals surface area contributed by atoms with Crippen molar-refractivity contribution in [1.82, 2.24) is 5.32 Å². The predicted octanol–water partition coefficient (Wildman–Crippen LogP) is 4.15. The van der Waals surface area contributed by atoms with Crippen LogP contribution in [0.3, 0.4) is 0 Å². The summed E-state index contributed by atoms with van der Waals surface area (Å²) >= 11 is 9.14. The molecule has 0 bridgehead atoms. The van der Waals surface area contributed by atoms with E-state index in [4.69, 9.17) is 16.3 Å². The zero-order valence-corrected chi connectivity index (χ0v) is 14.2. The first-order valence-corrected chi connectivity index (χ1v) is 7.79. The van der Waals surface area contributed by atoms with Gasteiger partial charge < -0.3 is 15.2 Å². The molecule has 0 aromatic heterocycles. The number of ether oxygens (including phenoxy) is 1. The van der Waals surface area contributed by atoms with Crippen molar-refractivity contribution in [1.29, 1.82) is 0 Å². The monoisotopic (exact) mass is 397 g/mol. The van der Waals surface area contributed by atoms with Gasteiger partial charge in [-0.25, -0.2) is 9.59 Å². The molecule has 1 atom stereocenters. The molecule has 120 valence electrons. The highest BCUT2D eigenvalue weighted by atomic mass is 79.9. The predicted molar refractivity (Wildman–Crippen MR) is 89.3 cm³/mol. The van der Waals surface area contributed by atoms with E-state index in [1.54, 1.807) is 24.3 Å². The van der Waals surface area contributed by atoms with E-state index in [1.165, 1.54) is 6.07 Å². The number of carbonyl (C=O) groups is 2. The molecule has 0 saturated carbocycles. The molecule has 0 aliphatic rings. The average molecular weight is 399 g/mol. The molecular formula is C16H13BrClNO4. The summed E-state index contributed by atoms with van der Waals surface area (Å²) in [6.07, 6.45) is -0.826. The lowest BCUT2D eigenvalue weighted by atomic mass is 10.1. The van der Waals surface area contributed by atoms with Crippen molar-refractivity contribution in [3.05, 3.63) is 69.2 Å². The third-order valence-corrected chi connectivity index (χ3v) is 3.95. The van der Waals surface area contributed by atoms with Gasteiger partial charge in [0.05, 0.1) is 0 Å². The minimum absolute atomic E-state index is 0.0513. The number of alkyl carbamates (subject to hydrolysis) is 1. The molecule has 1 amide bonds. The molecule has 0 fully saturated rings. The lowest BCUT2D eigenvalue weighted by Crippen LogP contribution is -2.34. The standard InChI is InChI=1S/C16H13BrClNO4/c17-13-7-6-11(18)8-12(13)14(15(20)21)19-16(22)23-9-10-4-2-1-3-5-10/h1-8,14H,9H2,(H,19,22)(H,20,21). The van der Waals surface area contributed by atoms with Gasteiger partial charge in [0.15, 0.2) is 6.04 Å². The summed E-state index contributed by atoms with van der Waals surface area (Å²) in [6, 6.07) is 12.5.